The van der Waals surface area contributed by atoms with Crippen molar-refractivity contribution in [3.05, 3.63) is 34.9 Å². The SMILES string of the molecule is CCCOC(=O)C(C)(C=O)c1ccccc1Cl. The van der Waals surface area contributed by atoms with Crippen LogP contribution in [-0.4, -0.2) is 18.9 Å². The molecule has 0 fully saturated rings. The average molecular weight is 255 g/mol. The minimum atomic E-state index is -1.34. The molecule has 0 heterocycles. The Kier molecular flexibility index (Phi) is 4.70. The van der Waals surface area contributed by atoms with Crippen molar-refractivity contribution in [2.45, 2.75) is 25.7 Å². The molecule has 1 unspecified atom stereocenters. The van der Waals surface area contributed by atoms with E-state index in [0.29, 0.717) is 29.9 Å². The highest BCUT2D eigenvalue weighted by molar-refractivity contribution is 6.32. The largest absolute Gasteiger partial charge is 0.465 e. The van der Waals surface area contributed by atoms with Gasteiger partial charge in [0.1, 0.15) is 11.7 Å². The van der Waals surface area contributed by atoms with Crippen LogP contribution in [0.15, 0.2) is 24.3 Å². The van der Waals surface area contributed by atoms with Gasteiger partial charge in [0.25, 0.3) is 0 Å². The molecule has 1 atom stereocenters. The molecule has 1 rings (SSSR count). The van der Waals surface area contributed by atoms with E-state index < -0.39 is 11.4 Å². The number of carbonyl (C=O) groups is 2. The highest BCUT2D eigenvalue weighted by atomic mass is 35.5. The van der Waals surface area contributed by atoms with Gasteiger partial charge < -0.3 is 9.53 Å². The van der Waals surface area contributed by atoms with Gasteiger partial charge in [-0.2, -0.15) is 0 Å². The van der Waals surface area contributed by atoms with Crippen molar-refractivity contribution in [2.24, 2.45) is 0 Å². The summed E-state index contributed by atoms with van der Waals surface area (Å²) in [4.78, 5) is 23.1. The number of hydrogen-bond donors (Lipinski definition) is 0. The number of hydrogen-bond acceptors (Lipinski definition) is 3. The molecule has 3 nitrogen and oxygen atoms in total. The van der Waals surface area contributed by atoms with Crippen molar-refractivity contribution < 1.29 is 14.3 Å². The molecule has 0 aromatic heterocycles. The summed E-state index contributed by atoms with van der Waals surface area (Å²) in [6, 6.07) is 6.78. The van der Waals surface area contributed by atoms with Crippen molar-refractivity contribution in [3.63, 3.8) is 0 Å². The minimum Gasteiger partial charge on any atom is -0.465 e. The van der Waals surface area contributed by atoms with Crippen LogP contribution < -0.4 is 0 Å². The molecule has 0 bridgehead atoms. The minimum absolute atomic E-state index is 0.298. The van der Waals surface area contributed by atoms with Crippen molar-refractivity contribution in [1.82, 2.24) is 0 Å². The predicted octanol–water partition coefficient (Wildman–Crippen LogP) is 2.75. The summed E-state index contributed by atoms with van der Waals surface area (Å²) in [6.45, 7) is 3.70. The standard InChI is InChI=1S/C13H15ClO3/c1-3-8-17-12(16)13(2,9-15)10-6-4-5-7-11(10)14/h4-7,9H,3,8H2,1-2H3. The number of halogens is 1. The van der Waals surface area contributed by atoms with Gasteiger partial charge in [-0.3, -0.25) is 4.79 Å². The van der Waals surface area contributed by atoms with Gasteiger partial charge in [-0.15, -0.1) is 0 Å². The first-order chi connectivity index (χ1) is 8.06. The van der Waals surface area contributed by atoms with Gasteiger partial charge in [-0.05, 0) is 25.0 Å². The van der Waals surface area contributed by atoms with Crippen molar-refractivity contribution in [1.29, 1.82) is 0 Å². The zero-order chi connectivity index (χ0) is 12.9. The van der Waals surface area contributed by atoms with Crippen LogP contribution in [0.4, 0.5) is 0 Å². The molecule has 1 aromatic rings. The van der Waals surface area contributed by atoms with E-state index >= 15 is 0 Å². The summed E-state index contributed by atoms with van der Waals surface area (Å²) < 4.78 is 5.03. The van der Waals surface area contributed by atoms with E-state index in [4.69, 9.17) is 16.3 Å². The van der Waals surface area contributed by atoms with Crippen LogP contribution in [-0.2, 0) is 19.7 Å². The number of benzene rings is 1. The van der Waals surface area contributed by atoms with Crippen molar-refractivity contribution in [3.8, 4) is 0 Å². The maximum atomic E-state index is 11.9. The fourth-order valence-electron chi connectivity index (χ4n) is 1.45. The molecule has 4 heteroatoms. The van der Waals surface area contributed by atoms with Crippen LogP contribution in [0.2, 0.25) is 5.02 Å². The molecule has 0 aliphatic carbocycles. The van der Waals surface area contributed by atoms with Crippen molar-refractivity contribution in [2.75, 3.05) is 6.61 Å². The van der Waals surface area contributed by atoms with Crippen LogP contribution in [0.25, 0.3) is 0 Å². The summed E-state index contributed by atoms with van der Waals surface area (Å²) in [5, 5.41) is 0.385. The Labute approximate surface area is 106 Å². The number of rotatable bonds is 5. The highest BCUT2D eigenvalue weighted by Crippen LogP contribution is 2.29. The normalized spacial score (nSPS) is 13.8. The molecule has 92 valence electrons. The monoisotopic (exact) mass is 254 g/mol. The van der Waals surface area contributed by atoms with Crippen LogP contribution in [0.5, 0.6) is 0 Å². The van der Waals surface area contributed by atoms with Gasteiger partial charge in [0.05, 0.1) is 6.61 Å². The molecule has 0 aliphatic heterocycles. The number of esters is 1. The van der Waals surface area contributed by atoms with Crippen LogP contribution >= 0.6 is 11.6 Å². The third kappa shape index (κ3) is 2.86. The lowest BCUT2D eigenvalue weighted by Gasteiger charge is -2.22. The quantitative estimate of drug-likeness (QED) is 0.461. The first-order valence-corrected chi connectivity index (χ1v) is 5.82. The van der Waals surface area contributed by atoms with E-state index in [2.05, 4.69) is 0 Å². The van der Waals surface area contributed by atoms with Crippen LogP contribution in [0.1, 0.15) is 25.8 Å². The van der Waals surface area contributed by atoms with E-state index in [1.54, 1.807) is 24.3 Å². The molecule has 0 spiro atoms. The molecule has 0 N–H and O–H groups in total. The van der Waals surface area contributed by atoms with Gasteiger partial charge in [-0.25, -0.2) is 0 Å². The fraction of sp³-hybridized carbons (Fsp3) is 0.385. The van der Waals surface area contributed by atoms with E-state index in [0.717, 1.165) is 0 Å². The molecular formula is C13H15ClO3. The van der Waals surface area contributed by atoms with Crippen molar-refractivity contribution >= 4 is 23.9 Å². The van der Waals surface area contributed by atoms with Gasteiger partial charge in [0.2, 0.25) is 0 Å². The molecule has 0 amide bonds. The van der Waals surface area contributed by atoms with Gasteiger partial charge in [0, 0.05) is 5.02 Å². The first-order valence-electron chi connectivity index (χ1n) is 5.44. The number of ether oxygens (including phenoxy) is 1. The summed E-state index contributed by atoms with van der Waals surface area (Å²) in [6.07, 6.45) is 1.29. The molecule has 1 aromatic carbocycles. The topological polar surface area (TPSA) is 43.4 Å². The summed E-state index contributed by atoms with van der Waals surface area (Å²) in [5.74, 6) is -0.567. The maximum Gasteiger partial charge on any atom is 0.323 e. The van der Waals surface area contributed by atoms with Crippen LogP contribution in [0.3, 0.4) is 0 Å². The second-order valence-electron chi connectivity index (χ2n) is 3.94. The molecule has 17 heavy (non-hydrogen) atoms. The Morgan fingerprint density at radius 3 is 2.65 bits per heavy atom. The molecule has 0 saturated carbocycles. The number of aldehydes is 1. The Bertz CT molecular complexity index is 417. The molecule has 0 aliphatic rings. The second kappa shape index (κ2) is 5.82. The highest BCUT2D eigenvalue weighted by Gasteiger charge is 2.38. The molecular weight excluding hydrogens is 240 g/mol. The van der Waals surface area contributed by atoms with Gasteiger partial charge >= 0.3 is 5.97 Å². The Balaban J connectivity index is 3.08. The van der Waals surface area contributed by atoms with E-state index in [9.17, 15) is 9.59 Å². The molecule has 0 saturated heterocycles. The third-order valence-electron chi connectivity index (χ3n) is 2.53. The average Bonchev–Trinajstić information content (AvgIpc) is 2.35. The van der Waals surface area contributed by atoms with E-state index in [1.807, 2.05) is 6.92 Å². The zero-order valence-corrected chi connectivity index (χ0v) is 10.7. The second-order valence-corrected chi connectivity index (χ2v) is 4.34. The Morgan fingerprint density at radius 2 is 2.12 bits per heavy atom. The lowest BCUT2D eigenvalue weighted by Crippen LogP contribution is -2.36. The van der Waals surface area contributed by atoms with Gasteiger partial charge in [0.15, 0.2) is 0 Å². The maximum absolute atomic E-state index is 11.9. The van der Waals surface area contributed by atoms with Crippen LogP contribution in [0, 0.1) is 0 Å². The number of carbonyl (C=O) groups excluding carboxylic acids is 2. The van der Waals surface area contributed by atoms with E-state index in [-0.39, 0.29) is 0 Å². The summed E-state index contributed by atoms with van der Waals surface area (Å²) >= 11 is 6.00. The van der Waals surface area contributed by atoms with E-state index in [1.165, 1.54) is 6.92 Å². The lowest BCUT2D eigenvalue weighted by atomic mass is 9.84. The summed E-state index contributed by atoms with van der Waals surface area (Å²) in [7, 11) is 0. The Morgan fingerprint density at radius 1 is 1.47 bits per heavy atom. The summed E-state index contributed by atoms with van der Waals surface area (Å²) in [5.41, 5.74) is -0.870. The zero-order valence-electron chi connectivity index (χ0n) is 9.90. The Hall–Kier alpha value is -1.35. The molecule has 0 radical (unpaired) electrons. The first kappa shape index (κ1) is 13.7. The smallest absolute Gasteiger partial charge is 0.323 e. The lowest BCUT2D eigenvalue weighted by molar-refractivity contribution is -0.151. The third-order valence-corrected chi connectivity index (χ3v) is 2.86. The van der Waals surface area contributed by atoms with Gasteiger partial charge in [-0.1, -0.05) is 36.7 Å². The fourth-order valence-corrected chi connectivity index (χ4v) is 1.78. The predicted molar refractivity (Wildman–Crippen MR) is 66.1 cm³/mol.